The maximum Gasteiger partial charge on any atom is 0.343 e. The first-order valence-electron chi connectivity index (χ1n) is 8.54. The van der Waals surface area contributed by atoms with Crippen LogP contribution in [0.25, 0.3) is 28.2 Å². The number of benzene rings is 2. The van der Waals surface area contributed by atoms with E-state index in [1.54, 1.807) is 11.4 Å². The number of carbonyl (C=O) groups excluding carboxylic acids is 1. The summed E-state index contributed by atoms with van der Waals surface area (Å²) in [5.74, 6) is -0.438. The van der Waals surface area contributed by atoms with Crippen molar-refractivity contribution in [1.29, 1.82) is 0 Å². The van der Waals surface area contributed by atoms with Gasteiger partial charge in [0.05, 0.1) is 24.2 Å². The van der Waals surface area contributed by atoms with E-state index in [-0.39, 0.29) is 0 Å². The van der Waals surface area contributed by atoms with Crippen LogP contribution in [0.4, 0.5) is 0 Å². The zero-order chi connectivity index (χ0) is 18.8. The van der Waals surface area contributed by atoms with E-state index in [1.807, 2.05) is 60.7 Å². The van der Waals surface area contributed by atoms with Gasteiger partial charge in [0.1, 0.15) is 5.56 Å². The molecule has 0 unspecified atom stereocenters. The van der Waals surface area contributed by atoms with Crippen molar-refractivity contribution in [1.82, 2.24) is 14.6 Å². The zero-order valence-corrected chi connectivity index (χ0v) is 15.3. The van der Waals surface area contributed by atoms with Gasteiger partial charge >= 0.3 is 5.97 Å². The third-order valence-electron chi connectivity index (χ3n) is 4.18. The van der Waals surface area contributed by atoms with Gasteiger partial charge in [0.2, 0.25) is 0 Å². The molecule has 0 aliphatic rings. The number of hydrogen-bond donors (Lipinski definition) is 0. The summed E-state index contributed by atoms with van der Waals surface area (Å²) in [6.45, 7) is 2.06. The van der Waals surface area contributed by atoms with E-state index in [0.29, 0.717) is 22.8 Å². The largest absolute Gasteiger partial charge is 0.462 e. The summed E-state index contributed by atoms with van der Waals surface area (Å²) in [6, 6.07) is 19.2. The van der Waals surface area contributed by atoms with Gasteiger partial charge in [0.25, 0.3) is 0 Å². The first kappa shape index (κ1) is 17.2. The zero-order valence-electron chi connectivity index (χ0n) is 14.6. The summed E-state index contributed by atoms with van der Waals surface area (Å²) in [5.41, 5.74) is 4.23. The second-order valence-electron chi connectivity index (χ2n) is 5.91. The molecule has 0 saturated heterocycles. The molecule has 4 rings (SSSR count). The molecule has 4 aromatic rings. The second kappa shape index (κ2) is 7.21. The van der Waals surface area contributed by atoms with Crippen LogP contribution in [0.2, 0.25) is 5.02 Å². The Morgan fingerprint density at radius 3 is 2.52 bits per heavy atom. The third-order valence-corrected chi connectivity index (χ3v) is 4.43. The molecule has 6 heteroatoms. The molecule has 0 bridgehead atoms. The number of nitrogens with zero attached hydrogens (tertiary/aromatic N) is 3. The summed E-state index contributed by atoms with van der Waals surface area (Å²) >= 11 is 6.01. The SMILES string of the molecule is CCOC(=O)c1cnn2c(-c3ccccc3)cc(-c3ccc(Cl)cc3)nc12. The van der Waals surface area contributed by atoms with Crippen LogP contribution in [0.1, 0.15) is 17.3 Å². The van der Waals surface area contributed by atoms with E-state index in [2.05, 4.69) is 10.1 Å². The van der Waals surface area contributed by atoms with Crippen LogP contribution in [0, 0.1) is 0 Å². The van der Waals surface area contributed by atoms with Gasteiger partial charge in [-0.15, -0.1) is 0 Å². The van der Waals surface area contributed by atoms with Crippen LogP contribution >= 0.6 is 11.6 Å². The fourth-order valence-electron chi connectivity index (χ4n) is 2.90. The van der Waals surface area contributed by atoms with Crippen molar-refractivity contribution < 1.29 is 9.53 Å². The van der Waals surface area contributed by atoms with E-state index < -0.39 is 5.97 Å². The topological polar surface area (TPSA) is 56.5 Å². The Bertz CT molecular complexity index is 1110. The molecule has 134 valence electrons. The highest BCUT2D eigenvalue weighted by molar-refractivity contribution is 6.30. The van der Waals surface area contributed by atoms with Crippen LogP contribution in [0.5, 0.6) is 0 Å². The van der Waals surface area contributed by atoms with Crippen molar-refractivity contribution in [3.8, 4) is 22.5 Å². The highest BCUT2D eigenvalue weighted by atomic mass is 35.5. The molecule has 0 atom stereocenters. The van der Waals surface area contributed by atoms with Gasteiger partial charge in [-0.3, -0.25) is 0 Å². The molecular formula is C21H16ClN3O2. The first-order valence-corrected chi connectivity index (χ1v) is 8.92. The lowest BCUT2D eigenvalue weighted by Crippen LogP contribution is -2.06. The number of rotatable bonds is 4. The molecular weight excluding hydrogens is 362 g/mol. The summed E-state index contributed by atoms with van der Waals surface area (Å²) < 4.78 is 6.82. The molecule has 0 saturated carbocycles. The molecule has 2 aromatic carbocycles. The van der Waals surface area contributed by atoms with Gasteiger partial charge < -0.3 is 4.74 Å². The lowest BCUT2D eigenvalue weighted by atomic mass is 10.1. The number of esters is 1. The average molecular weight is 378 g/mol. The predicted molar refractivity (Wildman–Crippen MR) is 105 cm³/mol. The Kier molecular flexibility index (Phi) is 4.60. The Balaban J connectivity index is 1.97. The summed E-state index contributed by atoms with van der Waals surface area (Å²) in [4.78, 5) is 17.0. The Morgan fingerprint density at radius 2 is 1.81 bits per heavy atom. The smallest absolute Gasteiger partial charge is 0.343 e. The predicted octanol–water partition coefficient (Wildman–Crippen LogP) is 4.89. The van der Waals surface area contributed by atoms with Gasteiger partial charge in [-0.25, -0.2) is 14.3 Å². The molecule has 0 radical (unpaired) electrons. The summed E-state index contributed by atoms with van der Waals surface area (Å²) in [6.07, 6.45) is 1.50. The fourth-order valence-corrected chi connectivity index (χ4v) is 3.02. The van der Waals surface area contributed by atoms with Crippen LogP contribution in [0.3, 0.4) is 0 Å². The van der Waals surface area contributed by atoms with Crippen molar-refractivity contribution in [3.05, 3.63) is 77.4 Å². The average Bonchev–Trinajstić information content (AvgIpc) is 3.13. The standard InChI is InChI=1S/C21H16ClN3O2/c1-2-27-21(26)17-13-23-25-19(15-6-4-3-5-7-15)12-18(24-20(17)25)14-8-10-16(22)11-9-14/h3-13H,2H2,1H3. The van der Waals surface area contributed by atoms with Gasteiger partial charge in [-0.2, -0.15) is 5.10 Å². The van der Waals surface area contributed by atoms with Gasteiger partial charge in [-0.1, -0.05) is 54.1 Å². The van der Waals surface area contributed by atoms with E-state index >= 15 is 0 Å². The van der Waals surface area contributed by atoms with Crippen molar-refractivity contribution in [2.75, 3.05) is 6.61 Å². The van der Waals surface area contributed by atoms with E-state index in [1.165, 1.54) is 6.20 Å². The van der Waals surface area contributed by atoms with Crippen molar-refractivity contribution in [3.63, 3.8) is 0 Å². The third kappa shape index (κ3) is 3.29. The quantitative estimate of drug-likeness (QED) is 0.475. The van der Waals surface area contributed by atoms with Crippen LogP contribution < -0.4 is 0 Å². The van der Waals surface area contributed by atoms with Crippen LogP contribution in [0.15, 0.2) is 66.9 Å². The number of aromatic nitrogens is 3. The molecule has 27 heavy (non-hydrogen) atoms. The Morgan fingerprint density at radius 1 is 1.07 bits per heavy atom. The van der Waals surface area contributed by atoms with Gasteiger partial charge in [0.15, 0.2) is 5.65 Å². The normalized spacial score (nSPS) is 10.9. The van der Waals surface area contributed by atoms with Crippen LogP contribution in [-0.4, -0.2) is 27.2 Å². The monoisotopic (exact) mass is 377 g/mol. The number of halogens is 1. The molecule has 2 heterocycles. The minimum atomic E-state index is -0.438. The van der Waals surface area contributed by atoms with Crippen molar-refractivity contribution in [2.45, 2.75) is 6.92 Å². The lowest BCUT2D eigenvalue weighted by Gasteiger charge is -2.09. The molecule has 5 nitrogen and oxygen atoms in total. The maximum absolute atomic E-state index is 12.3. The highest BCUT2D eigenvalue weighted by Crippen LogP contribution is 2.28. The number of carbonyl (C=O) groups is 1. The first-order chi connectivity index (χ1) is 13.2. The van der Waals surface area contributed by atoms with E-state index in [0.717, 1.165) is 22.5 Å². The Labute approximate surface area is 161 Å². The molecule has 0 spiro atoms. The minimum Gasteiger partial charge on any atom is -0.462 e. The van der Waals surface area contributed by atoms with E-state index in [9.17, 15) is 4.79 Å². The number of hydrogen-bond acceptors (Lipinski definition) is 4. The van der Waals surface area contributed by atoms with Gasteiger partial charge in [0, 0.05) is 16.1 Å². The highest BCUT2D eigenvalue weighted by Gasteiger charge is 2.19. The maximum atomic E-state index is 12.3. The Hall–Kier alpha value is -3.18. The second-order valence-corrected chi connectivity index (χ2v) is 6.35. The number of ether oxygens (including phenoxy) is 1. The summed E-state index contributed by atoms with van der Waals surface area (Å²) in [5, 5.41) is 5.03. The molecule has 2 aromatic heterocycles. The van der Waals surface area contributed by atoms with Gasteiger partial charge in [-0.05, 0) is 25.1 Å². The van der Waals surface area contributed by atoms with Crippen LogP contribution in [-0.2, 0) is 4.74 Å². The summed E-state index contributed by atoms with van der Waals surface area (Å²) in [7, 11) is 0. The van der Waals surface area contributed by atoms with E-state index in [4.69, 9.17) is 16.3 Å². The number of fused-ring (bicyclic) bond motifs is 1. The molecule has 0 aliphatic carbocycles. The molecule has 0 amide bonds. The minimum absolute atomic E-state index is 0.290. The molecule has 0 fully saturated rings. The lowest BCUT2D eigenvalue weighted by molar-refractivity contribution is 0.0528. The van der Waals surface area contributed by atoms with Crippen molar-refractivity contribution in [2.24, 2.45) is 0 Å². The van der Waals surface area contributed by atoms with Crippen molar-refractivity contribution >= 4 is 23.2 Å². The molecule has 0 aliphatic heterocycles. The molecule has 0 N–H and O–H groups in total. The fraction of sp³-hybridized carbons (Fsp3) is 0.0952.